The van der Waals surface area contributed by atoms with Crippen LogP contribution in [0, 0.1) is 21.0 Å². The predicted octanol–water partition coefficient (Wildman–Crippen LogP) is 3.32. The van der Waals surface area contributed by atoms with Crippen molar-refractivity contribution in [2.75, 3.05) is 11.3 Å². The van der Waals surface area contributed by atoms with E-state index in [1.807, 2.05) is 22.6 Å². The van der Waals surface area contributed by atoms with E-state index in [1.54, 1.807) is 6.07 Å². The molecule has 2 aromatic carbocycles. The van der Waals surface area contributed by atoms with Crippen molar-refractivity contribution >= 4 is 38.3 Å². The maximum Gasteiger partial charge on any atom is 0.238 e. The summed E-state index contributed by atoms with van der Waals surface area (Å²) in [5.41, 5.74) is -0.411. The van der Waals surface area contributed by atoms with Gasteiger partial charge in [-0.2, -0.15) is 0 Å². The molecule has 158 valence electrons. The molecule has 1 atom stereocenters. The van der Waals surface area contributed by atoms with E-state index in [4.69, 9.17) is 5.11 Å². The number of halogens is 4. The molecule has 0 bridgehead atoms. The van der Waals surface area contributed by atoms with E-state index in [9.17, 15) is 26.7 Å². The Morgan fingerprint density at radius 1 is 1.14 bits per heavy atom. The summed E-state index contributed by atoms with van der Waals surface area (Å²) in [4.78, 5) is 0. The van der Waals surface area contributed by atoms with Gasteiger partial charge in [0.15, 0.2) is 11.6 Å². The van der Waals surface area contributed by atoms with Crippen LogP contribution < -0.4 is 4.72 Å². The highest BCUT2D eigenvalue weighted by molar-refractivity contribution is 14.1. The summed E-state index contributed by atoms with van der Waals surface area (Å²) in [6, 6.07) is 6.17. The quantitative estimate of drug-likeness (QED) is 0.448. The zero-order valence-corrected chi connectivity index (χ0v) is 18.1. The molecule has 0 radical (unpaired) electrons. The minimum absolute atomic E-state index is 0.0900. The normalized spacial score (nSPS) is 16.5. The third kappa shape index (κ3) is 4.70. The van der Waals surface area contributed by atoms with Crippen LogP contribution in [0.5, 0.6) is 0 Å². The molecule has 5 nitrogen and oxygen atoms in total. The molecule has 3 rings (SSSR count). The molecule has 1 aliphatic carbocycles. The molecule has 0 aromatic heterocycles. The molecule has 0 heterocycles. The highest BCUT2D eigenvalue weighted by atomic mass is 127. The lowest BCUT2D eigenvalue weighted by Crippen LogP contribution is -2.34. The first-order chi connectivity index (χ1) is 13.6. The molecular weight excluding hydrogens is 522 g/mol. The molecule has 0 spiro atoms. The van der Waals surface area contributed by atoms with Gasteiger partial charge in [-0.3, -0.25) is 4.72 Å². The van der Waals surface area contributed by atoms with Crippen molar-refractivity contribution in [2.24, 2.45) is 0 Å². The van der Waals surface area contributed by atoms with Gasteiger partial charge >= 0.3 is 0 Å². The van der Waals surface area contributed by atoms with Crippen LogP contribution in [0.15, 0.2) is 30.3 Å². The van der Waals surface area contributed by atoms with Crippen molar-refractivity contribution in [1.82, 2.24) is 0 Å². The van der Waals surface area contributed by atoms with Gasteiger partial charge in [0, 0.05) is 15.6 Å². The number of benzene rings is 2. The Hall–Kier alpha value is -1.37. The number of anilines is 1. The highest BCUT2D eigenvalue weighted by Gasteiger charge is 2.55. The molecule has 0 amide bonds. The van der Waals surface area contributed by atoms with Crippen molar-refractivity contribution in [1.29, 1.82) is 0 Å². The SMILES string of the molecule is O=S(=O)(Nc1ccc(F)c(F)c1Cc1ccc(I)cc1F)C1(CC(O)CO)CC1. The van der Waals surface area contributed by atoms with Crippen LogP contribution in [0.25, 0.3) is 0 Å². The highest BCUT2D eigenvalue weighted by Crippen LogP contribution is 2.48. The van der Waals surface area contributed by atoms with E-state index in [-0.39, 0.29) is 42.5 Å². The molecule has 3 N–H and O–H groups in total. The van der Waals surface area contributed by atoms with Crippen LogP contribution in [0.2, 0.25) is 0 Å². The maximum absolute atomic E-state index is 14.5. The van der Waals surface area contributed by atoms with Gasteiger partial charge in [-0.1, -0.05) is 6.07 Å². The van der Waals surface area contributed by atoms with Gasteiger partial charge in [0.25, 0.3) is 0 Å². The first-order valence-corrected chi connectivity index (χ1v) is 11.4. The van der Waals surface area contributed by atoms with Crippen LogP contribution in [-0.4, -0.2) is 36.1 Å². The van der Waals surface area contributed by atoms with Crippen LogP contribution in [0.3, 0.4) is 0 Å². The number of rotatable bonds is 8. The second kappa shape index (κ2) is 8.40. The lowest BCUT2D eigenvalue weighted by molar-refractivity contribution is 0.0858. The molecule has 0 saturated heterocycles. The molecule has 1 saturated carbocycles. The molecule has 29 heavy (non-hydrogen) atoms. The summed E-state index contributed by atoms with van der Waals surface area (Å²) in [5.74, 6) is -3.05. The van der Waals surface area contributed by atoms with Gasteiger partial charge in [-0.25, -0.2) is 21.6 Å². The van der Waals surface area contributed by atoms with E-state index >= 15 is 0 Å². The Morgan fingerprint density at radius 2 is 1.83 bits per heavy atom. The van der Waals surface area contributed by atoms with E-state index in [1.165, 1.54) is 12.1 Å². The van der Waals surface area contributed by atoms with Gasteiger partial charge in [-0.05, 0) is 71.7 Å². The van der Waals surface area contributed by atoms with Crippen molar-refractivity contribution in [2.45, 2.75) is 36.5 Å². The fourth-order valence-electron chi connectivity index (χ4n) is 3.19. The zero-order chi connectivity index (χ0) is 21.4. The number of sulfonamides is 1. The van der Waals surface area contributed by atoms with Gasteiger partial charge < -0.3 is 10.2 Å². The molecule has 1 unspecified atom stereocenters. The molecule has 0 aliphatic heterocycles. The van der Waals surface area contributed by atoms with Crippen LogP contribution in [0.1, 0.15) is 30.4 Å². The summed E-state index contributed by atoms with van der Waals surface area (Å²) in [6.45, 7) is -0.584. The summed E-state index contributed by atoms with van der Waals surface area (Å²) < 4.78 is 69.9. The molecule has 1 aliphatic rings. The van der Waals surface area contributed by atoms with E-state index in [0.29, 0.717) is 3.57 Å². The topological polar surface area (TPSA) is 86.6 Å². The lowest BCUT2D eigenvalue weighted by atomic mass is 10.0. The molecule has 2 aromatic rings. The monoisotopic (exact) mass is 541 g/mol. The van der Waals surface area contributed by atoms with Crippen molar-refractivity contribution in [3.8, 4) is 0 Å². The Bertz CT molecular complexity index is 1030. The maximum atomic E-state index is 14.5. The van der Waals surface area contributed by atoms with Gasteiger partial charge in [0.1, 0.15) is 5.82 Å². The Balaban J connectivity index is 1.95. The summed E-state index contributed by atoms with van der Waals surface area (Å²) in [7, 11) is -4.07. The van der Waals surface area contributed by atoms with Crippen molar-refractivity contribution in [3.05, 3.63) is 62.5 Å². The lowest BCUT2D eigenvalue weighted by Gasteiger charge is -2.21. The summed E-state index contributed by atoms with van der Waals surface area (Å²) >= 11 is 1.91. The first kappa shape index (κ1) is 22.3. The minimum Gasteiger partial charge on any atom is -0.394 e. The van der Waals surface area contributed by atoms with Gasteiger partial charge in [0.2, 0.25) is 10.0 Å². The number of hydrogen-bond acceptors (Lipinski definition) is 4. The number of nitrogens with one attached hydrogen (secondary N) is 1. The van der Waals surface area contributed by atoms with E-state index in [2.05, 4.69) is 4.72 Å². The van der Waals surface area contributed by atoms with E-state index < -0.39 is 44.9 Å². The fraction of sp³-hybridized carbons (Fsp3) is 0.368. The van der Waals surface area contributed by atoms with Crippen LogP contribution in [-0.2, 0) is 16.4 Å². The average molecular weight is 541 g/mol. The third-order valence-electron chi connectivity index (χ3n) is 5.02. The van der Waals surface area contributed by atoms with Gasteiger partial charge in [0.05, 0.1) is 23.1 Å². The number of aliphatic hydroxyl groups is 2. The second-order valence-electron chi connectivity index (χ2n) is 7.13. The zero-order valence-electron chi connectivity index (χ0n) is 15.1. The van der Waals surface area contributed by atoms with Crippen LogP contribution >= 0.6 is 22.6 Å². The molecular formula is C19H19F3INO4S. The third-order valence-corrected chi connectivity index (χ3v) is 7.89. The van der Waals surface area contributed by atoms with Crippen molar-refractivity contribution < 1.29 is 31.8 Å². The van der Waals surface area contributed by atoms with Gasteiger partial charge in [-0.15, -0.1) is 0 Å². The fourth-order valence-corrected chi connectivity index (χ4v) is 5.39. The largest absolute Gasteiger partial charge is 0.394 e. The average Bonchev–Trinajstić information content (AvgIpc) is 3.44. The standard InChI is InChI=1S/C19H19F3INO4S/c20-15-3-4-17(24-29(27,28)19(5-6-19)9-13(26)10-25)14(18(15)22)7-11-1-2-12(23)8-16(11)21/h1-4,8,13,24-26H,5-7,9-10H2. The summed E-state index contributed by atoms with van der Waals surface area (Å²) in [5, 5.41) is 18.7. The smallest absolute Gasteiger partial charge is 0.238 e. The first-order valence-electron chi connectivity index (χ1n) is 8.80. The van der Waals surface area contributed by atoms with Crippen molar-refractivity contribution in [3.63, 3.8) is 0 Å². The summed E-state index contributed by atoms with van der Waals surface area (Å²) in [6.07, 6.45) is -1.20. The number of aliphatic hydroxyl groups excluding tert-OH is 2. The Labute approximate surface area is 180 Å². The Morgan fingerprint density at radius 3 is 2.41 bits per heavy atom. The van der Waals surface area contributed by atoms with E-state index in [0.717, 1.165) is 12.1 Å². The Kier molecular flexibility index (Phi) is 6.47. The molecule has 10 heteroatoms. The molecule has 1 fully saturated rings. The van der Waals surface area contributed by atoms with Crippen LogP contribution in [0.4, 0.5) is 18.9 Å². The minimum atomic E-state index is -4.07. The predicted molar refractivity (Wildman–Crippen MR) is 110 cm³/mol. The second-order valence-corrected chi connectivity index (χ2v) is 10.5. The number of hydrogen-bond donors (Lipinski definition) is 3.